The van der Waals surface area contributed by atoms with E-state index < -0.39 is 0 Å². The maximum atomic E-state index is 5.91. The van der Waals surface area contributed by atoms with Crippen molar-refractivity contribution in [3.05, 3.63) is 0 Å². The number of ether oxygens (including phenoxy) is 1. The van der Waals surface area contributed by atoms with Gasteiger partial charge in [0.1, 0.15) is 0 Å². The predicted octanol–water partition coefficient (Wildman–Crippen LogP) is 4.83. The van der Waals surface area contributed by atoms with Crippen LogP contribution in [0, 0.1) is 5.92 Å². The van der Waals surface area contributed by atoms with Crippen LogP contribution in [-0.2, 0) is 4.74 Å². The monoisotopic (exact) mass is 272 g/mol. The standard InChI is InChI=1S/C17H38NO/c1-6-9-10-11-12-13-14-18(4,5)16-19-15-17(7-2)8-3/h17H,6-16H2,1-5H3/q+1. The Kier molecular flexibility index (Phi) is 11.7. The highest BCUT2D eigenvalue weighted by molar-refractivity contribution is 4.51. The fourth-order valence-corrected chi connectivity index (χ4v) is 2.38. The Labute approximate surface area is 122 Å². The van der Waals surface area contributed by atoms with Gasteiger partial charge in [-0.05, 0) is 18.8 Å². The lowest BCUT2D eigenvalue weighted by Crippen LogP contribution is -2.42. The lowest BCUT2D eigenvalue weighted by Gasteiger charge is -2.30. The first-order chi connectivity index (χ1) is 9.05. The van der Waals surface area contributed by atoms with Gasteiger partial charge in [-0.3, -0.25) is 0 Å². The van der Waals surface area contributed by atoms with Crippen LogP contribution in [0.15, 0.2) is 0 Å². The quantitative estimate of drug-likeness (QED) is 0.265. The molecule has 19 heavy (non-hydrogen) atoms. The lowest BCUT2D eigenvalue weighted by atomic mass is 10.1. The van der Waals surface area contributed by atoms with Gasteiger partial charge < -0.3 is 9.22 Å². The Morgan fingerprint density at radius 1 is 0.842 bits per heavy atom. The largest absolute Gasteiger partial charge is 0.331 e. The molecule has 0 aliphatic carbocycles. The first-order valence-corrected chi connectivity index (χ1v) is 8.45. The third kappa shape index (κ3) is 11.4. The van der Waals surface area contributed by atoms with E-state index >= 15 is 0 Å². The molecule has 0 radical (unpaired) electrons. The van der Waals surface area contributed by atoms with Gasteiger partial charge in [0.05, 0.1) is 27.2 Å². The molecule has 0 aliphatic heterocycles. The van der Waals surface area contributed by atoms with Crippen molar-refractivity contribution in [2.75, 3.05) is 34.0 Å². The van der Waals surface area contributed by atoms with Crippen LogP contribution in [0.3, 0.4) is 0 Å². The Hall–Kier alpha value is -0.0800. The summed E-state index contributed by atoms with van der Waals surface area (Å²) in [5.74, 6) is 0.744. The number of hydrogen-bond donors (Lipinski definition) is 0. The number of quaternary nitrogens is 1. The van der Waals surface area contributed by atoms with E-state index in [0.29, 0.717) is 0 Å². The van der Waals surface area contributed by atoms with E-state index in [1.54, 1.807) is 0 Å². The van der Waals surface area contributed by atoms with Gasteiger partial charge in [0.2, 0.25) is 0 Å². The smallest absolute Gasteiger partial charge is 0.182 e. The van der Waals surface area contributed by atoms with Crippen LogP contribution < -0.4 is 0 Å². The first-order valence-electron chi connectivity index (χ1n) is 8.45. The van der Waals surface area contributed by atoms with E-state index in [0.717, 1.165) is 23.7 Å². The first kappa shape index (κ1) is 18.9. The molecule has 0 N–H and O–H groups in total. The summed E-state index contributed by atoms with van der Waals surface area (Å²) in [5.41, 5.74) is 0. The van der Waals surface area contributed by atoms with Crippen LogP contribution in [0.5, 0.6) is 0 Å². The second-order valence-corrected chi connectivity index (χ2v) is 6.61. The molecule has 0 unspecified atom stereocenters. The summed E-state index contributed by atoms with van der Waals surface area (Å²) >= 11 is 0. The maximum Gasteiger partial charge on any atom is 0.182 e. The van der Waals surface area contributed by atoms with Crippen molar-refractivity contribution in [1.82, 2.24) is 0 Å². The molecule has 0 bridgehead atoms. The highest BCUT2D eigenvalue weighted by atomic mass is 16.5. The molecule has 0 aliphatic rings. The minimum absolute atomic E-state index is 0.744. The van der Waals surface area contributed by atoms with Gasteiger partial charge in [-0.25, -0.2) is 0 Å². The molecule has 0 amide bonds. The molecular formula is C17H38NO+. The van der Waals surface area contributed by atoms with E-state index in [1.165, 1.54) is 57.9 Å². The zero-order valence-electron chi connectivity index (χ0n) is 14.2. The lowest BCUT2D eigenvalue weighted by molar-refractivity contribution is -0.910. The molecular weight excluding hydrogens is 234 g/mol. The Balaban J connectivity index is 3.56. The average molecular weight is 272 g/mol. The van der Waals surface area contributed by atoms with Crippen molar-refractivity contribution in [3.8, 4) is 0 Å². The third-order valence-electron chi connectivity index (χ3n) is 4.07. The SMILES string of the molecule is CCCCCCCC[N+](C)(C)COCC(CC)CC. The molecule has 0 rings (SSSR count). The van der Waals surface area contributed by atoms with Crippen LogP contribution in [-0.4, -0.2) is 38.5 Å². The van der Waals surface area contributed by atoms with E-state index in [2.05, 4.69) is 34.9 Å². The van der Waals surface area contributed by atoms with Crippen molar-refractivity contribution >= 4 is 0 Å². The molecule has 0 atom stereocenters. The van der Waals surface area contributed by atoms with E-state index in [1.807, 2.05) is 0 Å². The number of nitrogens with zero attached hydrogens (tertiary/aromatic N) is 1. The molecule has 116 valence electrons. The van der Waals surface area contributed by atoms with Crippen molar-refractivity contribution in [3.63, 3.8) is 0 Å². The van der Waals surface area contributed by atoms with Gasteiger partial charge in [0, 0.05) is 0 Å². The fourth-order valence-electron chi connectivity index (χ4n) is 2.38. The van der Waals surface area contributed by atoms with Crippen molar-refractivity contribution in [2.24, 2.45) is 5.92 Å². The van der Waals surface area contributed by atoms with Crippen LogP contribution in [0.2, 0.25) is 0 Å². The van der Waals surface area contributed by atoms with E-state index in [-0.39, 0.29) is 0 Å². The predicted molar refractivity (Wildman–Crippen MR) is 85.2 cm³/mol. The normalized spacial score (nSPS) is 12.3. The summed E-state index contributed by atoms with van der Waals surface area (Å²) in [7, 11) is 4.58. The fraction of sp³-hybridized carbons (Fsp3) is 1.00. The second-order valence-electron chi connectivity index (χ2n) is 6.61. The van der Waals surface area contributed by atoms with Gasteiger partial charge in [-0.15, -0.1) is 0 Å². The number of hydrogen-bond acceptors (Lipinski definition) is 1. The van der Waals surface area contributed by atoms with Crippen LogP contribution in [0.1, 0.15) is 72.1 Å². The summed E-state index contributed by atoms with van der Waals surface area (Å²) in [5, 5.41) is 0. The molecule has 0 fully saturated rings. The van der Waals surface area contributed by atoms with Gasteiger partial charge in [-0.1, -0.05) is 59.3 Å². The molecule has 2 nitrogen and oxygen atoms in total. The van der Waals surface area contributed by atoms with Crippen LogP contribution >= 0.6 is 0 Å². The summed E-state index contributed by atoms with van der Waals surface area (Å²) in [6.07, 6.45) is 10.8. The second kappa shape index (κ2) is 11.7. The molecule has 0 aromatic heterocycles. The molecule has 0 aromatic rings. The van der Waals surface area contributed by atoms with Gasteiger partial charge in [0.15, 0.2) is 6.73 Å². The summed E-state index contributed by atoms with van der Waals surface area (Å²) in [6.45, 7) is 9.84. The van der Waals surface area contributed by atoms with Crippen LogP contribution in [0.4, 0.5) is 0 Å². The van der Waals surface area contributed by atoms with E-state index in [9.17, 15) is 0 Å². The number of unbranched alkanes of at least 4 members (excludes halogenated alkanes) is 5. The van der Waals surface area contributed by atoms with Gasteiger partial charge in [-0.2, -0.15) is 0 Å². The van der Waals surface area contributed by atoms with Crippen molar-refractivity contribution in [1.29, 1.82) is 0 Å². The highest BCUT2D eigenvalue weighted by Crippen LogP contribution is 2.11. The zero-order chi connectivity index (χ0) is 14.6. The molecule has 0 spiro atoms. The Bertz CT molecular complexity index is 188. The van der Waals surface area contributed by atoms with Crippen LogP contribution in [0.25, 0.3) is 0 Å². The summed E-state index contributed by atoms with van der Waals surface area (Å²) in [6, 6.07) is 0. The average Bonchev–Trinajstić information content (AvgIpc) is 2.39. The minimum Gasteiger partial charge on any atom is -0.331 e. The molecule has 0 saturated carbocycles. The molecule has 2 heteroatoms. The van der Waals surface area contributed by atoms with Gasteiger partial charge >= 0.3 is 0 Å². The Morgan fingerprint density at radius 3 is 2.00 bits per heavy atom. The van der Waals surface area contributed by atoms with Crippen molar-refractivity contribution < 1.29 is 9.22 Å². The Morgan fingerprint density at radius 2 is 1.42 bits per heavy atom. The molecule has 0 aromatic carbocycles. The minimum atomic E-state index is 0.744. The number of rotatable bonds is 13. The summed E-state index contributed by atoms with van der Waals surface area (Å²) in [4.78, 5) is 0. The summed E-state index contributed by atoms with van der Waals surface area (Å²) < 4.78 is 6.92. The zero-order valence-corrected chi connectivity index (χ0v) is 14.2. The molecule has 0 saturated heterocycles. The van der Waals surface area contributed by atoms with Gasteiger partial charge in [0.25, 0.3) is 0 Å². The highest BCUT2D eigenvalue weighted by Gasteiger charge is 2.15. The van der Waals surface area contributed by atoms with Crippen molar-refractivity contribution in [2.45, 2.75) is 72.1 Å². The maximum absolute atomic E-state index is 5.91. The topological polar surface area (TPSA) is 9.23 Å². The molecule has 0 heterocycles. The van der Waals surface area contributed by atoms with E-state index in [4.69, 9.17) is 4.74 Å². The third-order valence-corrected chi connectivity index (χ3v) is 4.07.